The standard InChI is InChI=1S/C14H18N4O/c1-18(9-13-15-14(19)17-16-13)12-7-11(8-12)10-5-3-2-4-6-10/h2-6,11-12H,7-9H2,1H3,(H2,15,16,17,19). The van der Waals surface area contributed by atoms with Crippen molar-refractivity contribution in [2.45, 2.75) is 31.3 Å². The average molecular weight is 258 g/mol. The molecule has 0 amide bonds. The second kappa shape index (κ2) is 5.01. The van der Waals surface area contributed by atoms with E-state index in [1.54, 1.807) is 0 Å². The highest BCUT2D eigenvalue weighted by molar-refractivity contribution is 5.22. The van der Waals surface area contributed by atoms with Gasteiger partial charge in [-0.25, -0.2) is 9.89 Å². The van der Waals surface area contributed by atoms with Crippen molar-refractivity contribution in [3.05, 3.63) is 52.2 Å². The molecule has 0 spiro atoms. The number of aromatic nitrogens is 3. The van der Waals surface area contributed by atoms with E-state index in [2.05, 4.69) is 57.5 Å². The molecule has 1 aliphatic rings. The molecule has 2 N–H and O–H groups in total. The predicted molar refractivity (Wildman–Crippen MR) is 72.9 cm³/mol. The van der Waals surface area contributed by atoms with E-state index in [-0.39, 0.29) is 5.69 Å². The molecule has 0 saturated heterocycles. The fourth-order valence-electron chi connectivity index (χ4n) is 2.69. The van der Waals surface area contributed by atoms with Gasteiger partial charge in [-0.15, -0.1) is 0 Å². The van der Waals surface area contributed by atoms with Crippen molar-refractivity contribution in [1.29, 1.82) is 0 Å². The Hall–Kier alpha value is -1.88. The average Bonchev–Trinajstić information content (AvgIpc) is 2.74. The first-order valence-corrected chi connectivity index (χ1v) is 6.61. The molecule has 1 aliphatic carbocycles. The molecule has 3 rings (SSSR count). The van der Waals surface area contributed by atoms with Crippen molar-refractivity contribution in [3.63, 3.8) is 0 Å². The molecule has 0 unspecified atom stereocenters. The van der Waals surface area contributed by atoms with Crippen LogP contribution in [0.15, 0.2) is 35.1 Å². The Morgan fingerprint density at radius 3 is 2.68 bits per heavy atom. The van der Waals surface area contributed by atoms with Gasteiger partial charge in [0.2, 0.25) is 0 Å². The van der Waals surface area contributed by atoms with Crippen LogP contribution in [-0.2, 0) is 6.54 Å². The summed E-state index contributed by atoms with van der Waals surface area (Å²) < 4.78 is 0. The van der Waals surface area contributed by atoms with E-state index in [0.717, 1.165) is 0 Å². The Kier molecular flexibility index (Phi) is 3.21. The molecule has 1 saturated carbocycles. The molecule has 5 nitrogen and oxygen atoms in total. The lowest BCUT2D eigenvalue weighted by Crippen LogP contribution is -2.41. The molecule has 100 valence electrons. The number of rotatable bonds is 4. The lowest BCUT2D eigenvalue weighted by molar-refractivity contribution is 0.128. The fourth-order valence-corrected chi connectivity index (χ4v) is 2.69. The SMILES string of the molecule is CN(Cc1n[nH]c(=O)[nH]1)C1CC(c2ccccc2)C1. The van der Waals surface area contributed by atoms with Crippen LogP contribution < -0.4 is 5.69 Å². The second-order valence-electron chi connectivity index (χ2n) is 5.27. The van der Waals surface area contributed by atoms with Crippen LogP contribution in [0.3, 0.4) is 0 Å². The lowest BCUT2D eigenvalue weighted by atomic mass is 9.75. The van der Waals surface area contributed by atoms with Crippen LogP contribution in [0.4, 0.5) is 0 Å². The van der Waals surface area contributed by atoms with Gasteiger partial charge < -0.3 is 0 Å². The van der Waals surface area contributed by atoms with Crippen LogP contribution in [0.5, 0.6) is 0 Å². The van der Waals surface area contributed by atoms with E-state index >= 15 is 0 Å². The van der Waals surface area contributed by atoms with Gasteiger partial charge in [-0.05, 0) is 31.4 Å². The van der Waals surface area contributed by atoms with Crippen LogP contribution in [0.2, 0.25) is 0 Å². The molecule has 19 heavy (non-hydrogen) atoms. The van der Waals surface area contributed by atoms with Gasteiger partial charge in [0.05, 0.1) is 6.54 Å². The number of H-pyrrole nitrogens is 2. The maximum absolute atomic E-state index is 11.0. The van der Waals surface area contributed by atoms with E-state index in [1.807, 2.05) is 0 Å². The Bertz CT molecular complexity index is 583. The van der Waals surface area contributed by atoms with E-state index in [0.29, 0.717) is 24.3 Å². The Labute approximate surface area is 111 Å². The third-order valence-electron chi connectivity index (χ3n) is 3.96. The van der Waals surface area contributed by atoms with Gasteiger partial charge >= 0.3 is 5.69 Å². The van der Waals surface area contributed by atoms with Crippen LogP contribution in [0.25, 0.3) is 0 Å². The summed E-state index contributed by atoms with van der Waals surface area (Å²) in [6.45, 7) is 0.685. The molecule has 1 aromatic heterocycles. The number of benzene rings is 1. The first-order valence-electron chi connectivity index (χ1n) is 6.61. The minimum Gasteiger partial charge on any atom is -0.296 e. The molecule has 0 radical (unpaired) electrons. The molecule has 0 atom stereocenters. The van der Waals surface area contributed by atoms with E-state index < -0.39 is 0 Å². The van der Waals surface area contributed by atoms with Crippen LogP contribution in [-0.4, -0.2) is 33.2 Å². The van der Waals surface area contributed by atoms with Crippen molar-refractivity contribution >= 4 is 0 Å². The van der Waals surface area contributed by atoms with Crippen molar-refractivity contribution in [2.24, 2.45) is 0 Å². The normalized spacial score (nSPS) is 22.4. The van der Waals surface area contributed by atoms with Gasteiger partial charge in [-0.3, -0.25) is 9.88 Å². The Morgan fingerprint density at radius 1 is 1.32 bits per heavy atom. The summed E-state index contributed by atoms with van der Waals surface area (Å²) in [7, 11) is 2.08. The minimum absolute atomic E-state index is 0.237. The number of nitrogens with zero attached hydrogens (tertiary/aromatic N) is 2. The zero-order chi connectivity index (χ0) is 13.2. The number of hydrogen-bond acceptors (Lipinski definition) is 3. The van der Waals surface area contributed by atoms with E-state index in [9.17, 15) is 4.79 Å². The number of aromatic amines is 2. The second-order valence-corrected chi connectivity index (χ2v) is 5.27. The summed E-state index contributed by atoms with van der Waals surface area (Å²) in [4.78, 5) is 15.9. The van der Waals surface area contributed by atoms with Crippen molar-refractivity contribution in [2.75, 3.05) is 7.05 Å². The zero-order valence-corrected chi connectivity index (χ0v) is 11.0. The zero-order valence-electron chi connectivity index (χ0n) is 11.0. The first-order chi connectivity index (χ1) is 9.22. The summed E-state index contributed by atoms with van der Waals surface area (Å²) in [5.74, 6) is 1.38. The monoisotopic (exact) mass is 258 g/mol. The number of nitrogens with one attached hydrogen (secondary N) is 2. The quantitative estimate of drug-likeness (QED) is 0.873. The third kappa shape index (κ3) is 2.61. The highest BCUT2D eigenvalue weighted by atomic mass is 16.1. The topological polar surface area (TPSA) is 64.8 Å². The smallest absolute Gasteiger partial charge is 0.296 e. The molecular weight excluding hydrogens is 240 g/mol. The van der Waals surface area contributed by atoms with E-state index in [1.165, 1.54) is 18.4 Å². The Morgan fingerprint density at radius 2 is 2.05 bits per heavy atom. The maximum Gasteiger partial charge on any atom is 0.340 e. The molecule has 2 aromatic rings. The molecule has 0 bridgehead atoms. The lowest BCUT2D eigenvalue weighted by Gasteiger charge is -2.41. The molecule has 1 fully saturated rings. The summed E-state index contributed by atoms with van der Waals surface area (Å²) in [5, 5.41) is 6.33. The van der Waals surface area contributed by atoms with Gasteiger partial charge in [-0.1, -0.05) is 30.3 Å². The summed E-state index contributed by atoms with van der Waals surface area (Å²) >= 11 is 0. The molecule has 1 aromatic carbocycles. The maximum atomic E-state index is 11.0. The molecule has 5 heteroatoms. The van der Waals surface area contributed by atoms with Crippen molar-refractivity contribution < 1.29 is 0 Å². The van der Waals surface area contributed by atoms with Crippen molar-refractivity contribution in [1.82, 2.24) is 20.1 Å². The Balaban J connectivity index is 1.54. The summed E-state index contributed by atoms with van der Waals surface area (Å²) in [6, 6.07) is 11.2. The first kappa shape index (κ1) is 12.2. The largest absolute Gasteiger partial charge is 0.340 e. The predicted octanol–water partition coefficient (Wildman–Crippen LogP) is 1.48. The van der Waals surface area contributed by atoms with E-state index in [4.69, 9.17) is 0 Å². The van der Waals surface area contributed by atoms with Crippen LogP contribution in [0.1, 0.15) is 30.1 Å². The van der Waals surface area contributed by atoms with Gasteiger partial charge in [0.1, 0.15) is 5.82 Å². The van der Waals surface area contributed by atoms with Crippen LogP contribution >= 0.6 is 0 Å². The number of hydrogen-bond donors (Lipinski definition) is 2. The molecule has 0 aliphatic heterocycles. The fraction of sp³-hybridized carbons (Fsp3) is 0.429. The summed E-state index contributed by atoms with van der Waals surface area (Å²) in [6.07, 6.45) is 2.35. The molecule has 1 heterocycles. The molecular formula is C14H18N4O. The third-order valence-corrected chi connectivity index (χ3v) is 3.96. The van der Waals surface area contributed by atoms with Crippen LogP contribution in [0, 0.1) is 0 Å². The highest BCUT2D eigenvalue weighted by Crippen LogP contribution is 2.39. The van der Waals surface area contributed by atoms with Gasteiger partial charge in [-0.2, -0.15) is 5.10 Å². The highest BCUT2D eigenvalue weighted by Gasteiger charge is 2.33. The van der Waals surface area contributed by atoms with Gasteiger partial charge in [0, 0.05) is 6.04 Å². The van der Waals surface area contributed by atoms with Crippen molar-refractivity contribution in [3.8, 4) is 0 Å². The minimum atomic E-state index is -0.237. The van der Waals surface area contributed by atoms with Gasteiger partial charge in [0.25, 0.3) is 0 Å². The van der Waals surface area contributed by atoms with Gasteiger partial charge in [0.15, 0.2) is 0 Å². The summed E-state index contributed by atoms with van der Waals surface area (Å²) in [5.41, 5.74) is 1.19.